The highest BCUT2D eigenvalue weighted by Crippen LogP contribution is 2.25. The average Bonchev–Trinajstić information content (AvgIpc) is 2.29. The van der Waals surface area contributed by atoms with Crippen molar-refractivity contribution in [3.05, 3.63) is 10.6 Å². The van der Waals surface area contributed by atoms with Gasteiger partial charge in [0.2, 0.25) is 10.0 Å². The van der Waals surface area contributed by atoms with Gasteiger partial charge in [0.25, 0.3) is 0 Å². The Morgan fingerprint density at radius 2 is 1.92 bits per heavy atom. The molecular formula is C7H12N2O2S2. The van der Waals surface area contributed by atoms with Gasteiger partial charge >= 0.3 is 0 Å². The fourth-order valence-electron chi connectivity index (χ4n) is 0.732. The van der Waals surface area contributed by atoms with E-state index >= 15 is 0 Å². The van der Waals surface area contributed by atoms with Gasteiger partial charge in [-0.2, -0.15) is 0 Å². The lowest BCUT2D eigenvalue weighted by atomic mass is 10.4. The third kappa shape index (κ3) is 2.19. The van der Waals surface area contributed by atoms with Crippen LogP contribution in [0.5, 0.6) is 0 Å². The van der Waals surface area contributed by atoms with E-state index in [2.05, 4.69) is 4.98 Å². The summed E-state index contributed by atoms with van der Waals surface area (Å²) in [5.41, 5.74) is 0.885. The molecule has 1 aromatic heterocycles. The smallest absolute Gasteiger partial charge is 0.233 e. The average molecular weight is 220 g/mol. The topological polar surface area (TPSA) is 50.3 Å². The van der Waals surface area contributed by atoms with Crippen LogP contribution in [-0.4, -0.2) is 26.7 Å². The molecule has 0 amide bonds. The molecule has 0 unspecified atom stereocenters. The molecule has 1 heterocycles. The maximum absolute atomic E-state index is 11.1. The first-order valence-electron chi connectivity index (χ1n) is 3.70. The van der Waals surface area contributed by atoms with E-state index in [4.69, 9.17) is 0 Å². The number of hydrogen-bond donors (Lipinski definition) is 0. The summed E-state index contributed by atoms with van der Waals surface area (Å²) in [5, 5.41) is 0.525. The van der Waals surface area contributed by atoms with E-state index < -0.39 is 10.0 Å². The predicted molar refractivity (Wildman–Crippen MR) is 54.8 cm³/mol. The van der Waals surface area contributed by atoms with Crippen molar-refractivity contribution in [2.75, 3.05) is 17.6 Å². The highest BCUT2D eigenvalue weighted by atomic mass is 32.2. The number of thiazole rings is 1. The van der Waals surface area contributed by atoms with E-state index in [1.807, 2.05) is 13.8 Å². The number of aryl methyl sites for hydroxylation is 2. The van der Waals surface area contributed by atoms with Crippen LogP contribution in [0, 0.1) is 13.8 Å². The molecule has 0 fully saturated rings. The highest BCUT2D eigenvalue weighted by Gasteiger charge is 2.16. The molecule has 13 heavy (non-hydrogen) atoms. The van der Waals surface area contributed by atoms with Crippen LogP contribution in [0.25, 0.3) is 0 Å². The number of rotatable bonds is 2. The van der Waals surface area contributed by atoms with Gasteiger partial charge in [0.1, 0.15) is 0 Å². The molecule has 6 heteroatoms. The molecule has 0 spiro atoms. The van der Waals surface area contributed by atoms with Crippen molar-refractivity contribution in [2.24, 2.45) is 0 Å². The van der Waals surface area contributed by atoms with Crippen molar-refractivity contribution in [3.63, 3.8) is 0 Å². The van der Waals surface area contributed by atoms with Crippen molar-refractivity contribution in [1.29, 1.82) is 0 Å². The van der Waals surface area contributed by atoms with E-state index in [0.29, 0.717) is 5.13 Å². The lowest BCUT2D eigenvalue weighted by Gasteiger charge is -2.11. The quantitative estimate of drug-likeness (QED) is 0.751. The zero-order valence-corrected chi connectivity index (χ0v) is 9.66. The lowest BCUT2D eigenvalue weighted by Crippen LogP contribution is -2.24. The van der Waals surface area contributed by atoms with Gasteiger partial charge in [0, 0.05) is 11.9 Å². The molecule has 0 bridgehead atoms. The summed E-state index contributed by atoms with van der Waals surface area (Å²) in [6, 6.07) is 0. The second-order valence-corrected chi connectivity index (χ2v) is 6.06. The van der Waals surface area contributed by atoms with E-state index in [9.17, 15) is 8.42 Å². The van der Waals surface area contributed by atoms with Crippen molar-refractivity contribution >= 4 is 26.5 Å². The van der Waals surface area contributed by atoms with Crippen LogP contribution in [0.1, 0.15) is 10.6 Å². The Bertz CT molecular complexity index is 389. The highest BCUT2D eigenvalue weighted by molar-refractivity contribution is 7.92. The normalized spacial score (nSPS) is 11.7. The van der Waals surface area contributed by atoms with Crippen LogP contribution >= 0.6 is 11.3 Å². The molecule has 4 nitrogen and oxygen atoms in total. The summed E-state index contributed by atoms with van der Waals surface area (Å²) in [6.07, 6.45) is 1.17. The van der Waals surface area contributed by atoms with Crippen molar-refractivity contribution in [3.8, 4) is 0 Å². The minimum absolute atomic E-state index is 0.525. The number of aromatic nitrogens is 1. The molecule has 0 aliphatic carbocycles. The molecule has 0 aliphatic rings. The SMILES string of the molecule is Cc1nc(N(C)S(C)(=O)=O)sc1C. The molecule has 0 saturated heterocycles. The van der Waals surface area contributed by atoms with Gasteiger partial charge in [-0.1, -0.05) is 0 Å². The van der Waals surface area contributed by atoms with Gasteiger partial charge in [-0.05, 0) is 13.8 Å². The molecule has 1 rings (SSSR count). The first-order valence-corrected chi connectivity index (χ1v) is 6.37. The first kappa shape index (κ1) is 10.5. The number of nitrogens with zero attached hydrogens (tertiary/aromatic N) is 2. The summed E-state index contributed by atoms with van der Waals surface area (Å²) in [4.78, 5) is 5.19. The van der Waals surface area contributed by atoms with Crippen molar-refractivity contribution in [1.82, 2.24) is 4.98 Å². The fourth-order valence-corrected chi connectivity index (χ4v) is 2.35. The maximum atomic E-state index is 11.1. The molecule has 1 aromatic rings. The second kappa shape index (κ2) is 3.26. The monoisotopic (exact) mass is 220 g/mol. The number of anilines is 1. The molecule has 0 aromatic carbocycles. The zero-order valence-electron chi connectivity index (χ0n) is 8.03. The Morgan fingerprint density at radius 3 is 2.23 bits per heavy atom. The van der Waals surface area contributed by atoms with E-state index in [0.717, 1.165) is 10.6 Å². The summed E-state index contributed by atoms with van der Waals surface area (Å²) < 4.78 is 23.5. The van der Waals surface area contributed by atoms with Gasteiger partial charge < -0.3 is 0 Å². The Balaban J connectivity index is 3.10. The van der Waals surface area contributed by atoms with Crippen LogP contribution in [0.3, 0.4) is 0 Å². The summed E-state index contributed by atoms with van der Waals surface area (Å²) >= 11 is 1.38. The van der Waals surface area contributed by atoms with Crippen molar-refractivity contribution < 1.29 is 8.42 Å². The number of sulfonamides is 1. The van der Waals surface area contributed by atoms with Gasteiger partial charge in [0.15, 0.2) is 5.13 Å². The van der Waals surface area contributed by atoms with Crippen LogP contribution in [0.4, 0.5) is 5.13 Å². The van der Waals surface area contributed by atoms with E-state index in [1.165, 1.54) is 28.9 Å². The van der Waals surface area contributed by atoms with Crippen LogP contribution in [-0.2, 0) is 10.0 Å². The second-order valence-electron chi connectivity index (χ2n) is 2.87. The predicted octanol–water partition coefficient (Wildman–Crippen LogP) is 1.16. The third-order valence-corrected chi connectivity index (χ3v) is 4.22. The van der Waals surface area contributed by atoms with Gasteiger partial charge in [0.05, 0.1) is 11.9 Å². The minimum Gasteiger partial charge on any atom is -0.248 e. The van der Waals surface area contributed by atoms with Crippen LogP contribution < -0.4 is 4.31 Å². The minimum atomic E-state index is -3.18. The summed E-state index contributed by atoms with van der Waals surface area (Å²) in [6.45, 7) is 3.79. The standard InChI is InChI=1S/C7H12N2O2S2/c1-5-6(2)12-7(8-5)9(3)13(4,10)11/h1-4H3. The molecular weight excluding hydrogens is 208 g/mol. The molecule has 0 N–H and O–H groups in total. The van der Waals surface area contributed by atoms with Gasteiger partial charge in [-0.25, -0.2) is 17.7 Å². The Morgan fingerprint density at radius 1 is 1.38 bits per heavy atom. The molecule has 0 atom stereocenters. The largest absolute Gasteiger partial charge is 0.248 e. The molecule has 0 radical (unpaired) electrons. The number of hydrogen-bond acceptors (Lipinski definition) is 4. The Hall–Kier alpha value is -0.620. The lowest BCUT2D eigenvalue weighted by molar-refractivity contribution is 0.600. The third-order valence-electron chi connectivity index (χ3n) is 1.78. The molecule has 0 aliphatic heterocycles. The summed E-state index contributed by atoms with van der Waals surface area (Å²) in [7, 11) is -1.67. The summed E-state index contributed by atoms with van der Waals surface area (Å²) in [5.74, 6) is 0. The molecule has 74 valence electrons. The molecule has 0 saturated carbocycles. The van der Waals surface area contributed by atoms with E-state index in [1.54, 1.807) is 0 Å². The first-order chi connectivity index (χ1) is 5.82. The Labute approximate surface area is 82.3 Å². The zero-order chi connectivity index (χ0) is 10.2. The van der Waals surface area contributed by atoms with Crippen LogP contribution in [0.2, 0.25) is 0 Å². The van der Waals surface area contributed by atoms with Crippen LogP contribution in [0.15, 0.2) is 0 Å². The van der Waals surface area contributed by atoms with E-state index in [-0.39, 0.29) is 0 Å². The van der Waals surface area contributed by atoms with Gasteiger partial charge in [-0.3, -0.25) is 0 Å². The fraction of sp³-hybridized carbons (Fsp3) is 0.571. The van der Waals surface area contributed by atoms with Gasteiger partial charge in [-0.15, -0.1) is 11.3 Å². The Kier molecular flexibility index (Phi) is 2.63. The maximum Gasteiger partial charge on any atom is 0.233 e. The van der Waals surface area contributed by atoms with Crippen molar-refractivity contribution in [2.45, 2.75) is 13.8 Å².